The summed E-state index contributed by atoms with van der Waals surface area (Å²) in [6, 6.07) is -0.958. The molecule has 0 saturated heterocycles. The third-order valence-electron chi connectivity index (χ3n) is 3.16. The van der Waals surface area contributed by atoms with Gasteiger partial charge in [-0.2, -0.15) is 0 Å². The van der Waals surface area contributed by atoms with Crippen LogP contribution in [0, 0.1) is 11.8 Å². The molecule has 106 valence electrons. The summed E-state index contributed by atoms with van der Waals surface area (Å²) in [7, 11) is 0. The van der Waals surface area contributed by atoms with Crippen molar-refractivity contribution < 1.29 is 19.8 Å². The Bertz CT molecular complexity index is 306. The fourth-order valence-corrected chi connectivity index (χ4v) is 1.72. The summed E-state index contributed by atoms with van der Waals surface area (Å²) in [6.45, 7) is 7.25. The minimum absolute atomic E-state index is 0.133. The van der Waals surface area contributed by atoms with Crippen molar-refractivity contribution in [3.05, 3.63) is 0 Å². The van der Waals surface area contributed by atoms with E-state index in [4.69, 9.17) is 10.8 Å². The van der Waals surface area contributed by atoms with Crippen LogP contribution < -0.4 is 11.1 Å². The third kappa shape index (κ3) is 4.27. The molecule has 0 amide bonds. The van der Waals surface area contributed by atoms with Crippen molar-refractivity contribution in [1.29, 1.82) is 0 Å². The zero-order valence-electron chi connectivity index (χ0n) is 11.4. The maximum atomic E-state index is 11.3. The number of hydrogen-bond donors (Lipinski definition) is 4. The van der Waals surface area contributed by atoms with Gasteiger partial charge < -0.3 is 15.9 Å². The minimum atomic E-state index is -1.72. The molecule has 3 atom stereocenters. The predicted molar refractivity (Wildman–Crippen MR) is 68.0 cm³/mol. The van der Waals surface area contributed by atoms with Gasteiger partial charge in [0.25, 0.3) is 0 Å². The highest BCUT2D eigenvalue weighted by Crippen LogP contribution is 2.18. The van der Waals surface area contributed by atoms with Crippen molar-refractivity contribution in [3.63, 3.8) is 0 Å². The van der Waals surface area contributed by atoms with Crippen molar-refractivity contribution in [3.8, 4) is 0 Å². The molecule has 0 aliphatic rings. The van der Waals surface area contributed by atoms with E-state index in [9.17, 15) is 14.7 Å². The molecule has 0 radical (unpaired) electrons. The van der Waals surface area contributed by atoms with Gasteiger partial charge in [0, 0.05) is 0 Å². The summed E-state index contributed by atoms with van der Waals surface area (Å²) in [5, 5.41) is 20.9. The lowest BCUT2D eigenvalue weighted by atomic mass is 9.90. The average molecular weight is 260 g/mol. The zero-order chi connectivity index (χ0) is 14.5. The van der Waals surface area contributed by atoms with Crippen molar-refractivity contribution >= 4 is 11.9 Å². The van der Waals surface area contributed by atoms with E-state index < -0.39 is 23.6 Å². The van der Waals surface area contributed by atoms with Crippen LogP contribution in [0.2, 0.25) is 0 Å². The topological polar surface area (TPSA) is 113 Å². The Balaban J connectivity index is 5.04. The number of carboxylic acid groups (broad SMARTS) is 2. The minimum Gasteiger partial charge on any atom is -0.480 e. The fraction of sp³-hybridized carbons (Fsp3) is 0.833. The number of hydrogen-bond acceptors (Lipinski definition) is 4. The van der Waals surface area contributed by atoms with Crippen LogP contribution >= 0.6 is 0 Å². The molecule has 0 spiro atoms. The second-order valence-electron chi connectivity index (χ2n) is 5.15. The Kier molecular flexibility index (Phi) is 6.28. The van der Waals surface area contributed by atoms with E-state index in [-0.39, 0.29) is 11.8 Å². The largest absolute Gasteiger partial charge is 0.480 e. The van der Waals surface area contributed by atoms with Crippen LogP contribution in [0.25, 0.3) is 0 Å². The number of nitrogens with two attached hydrogens (primary N) is 1. The highest BCUT2D eigenvalue weighted by atomic mass is 16.4. The second kappa shape index (κ2) is 6.70. The van der Waals surface area contributed by atoms with Crippen LogP contribution in [0.15, 0.2) is 0 Å². The SMILES string of the molecule is CC[C@H](C)[C@@](N)(N[C@@H](CC(C)C)C(=O)O)C(=O)O. The number of carbonyl (C=O) groups is 2. The number of carboxylic acids is 2. The Morgan fingerprint density at radius 3 is 2.06 bits per heavy atom. The van der Waals surface area contributed by atoms with Gasteiger partial charge in [-0.3, -0.25) is 10.1 Å². The highest BCUT2D eigenvalue weighted by Gasteiger charge is 2.42. The summed E-state index contributed by atoms with van der Waals surface area (Å²) in [5.41, 5.74) is 4.12. The van der Waals surface area contributed by atoms with Crippen LogP contribution in [0.1, 0.15) is 40.5 Å². The maximum absolute atomic E-state index is 11.3. The summed E-state index contributed by atoms with van der Waals surface area (Å²) >= 11 is 0. The van der Waals surface area contributed by atoms with E-state index in [0.29, 0.717) is 12.8 Å². The first kappa shape index (κ1) is 16.9. The van der Waals surface area contributed by atoms with Gasteiger partial charge in [0.2, 0.25) is 0 Å². The summed E-state index contributed by atoms with van der Waals surface area (Å²) in [5.74, 6) is -2.55. The van der Waals surface area contributed by atoms with Crippen molar-refractivity contribution in [2.24, 2.45) is 17.6 Å². The van der Waals surface area contributed by atoms with Gasteiger partial charge in [-0.15, -0.1) is 0 Å². The van der Waals surface area contributed by atoms with Crippen LogP contribution in [0.4, 0.5) is 0 Å². The number of aliphatic carboxylic acids is 2. The first-order valence-corrected chi connectivity index (χ1v) is 6.17. The van der Waals surface area contributed by atoms with Crippen molar-refractivity contribution in [2.45, 2.75) is 52.2 Å². The van der Waals surface area contributed by atoms with Gasteiger partial charge >= 0.3 is 11.9 Å². The number of rotatable bonds is 8. The van der Waals surface area contributed by atoms with E-state index in [1.807, 2.05) is 20.8 Å². The molecule has 0 rings (SSSR count). The molecule has 18 heavy (non-hydrogen) atoms. The Hall–Kier alpha value is -1.14. The number of nitrogens with one attached hydrogen (secondary N) is 1. The molecule has 0 heterocycles. The fourth-order valence-electron chi connectivity index (χ4n) is 1.72. The van der Waals surface area contributed by atoms with Gasteiger partial charge in [-0.1, -0.05) is 27.7 Å². The molecule has 0 aromatic heterocycles. The highest BCUT2D eigenvalue weighted by molar-refractivity contribution is 5.80. The zero-order valence-corrected chi connectivity index (χ0v) is 11.4. The molecule has 6 heteroatoms. The van der Waals surface area contributed by atoms with E-state index in [0.717, 1.165) is 0 Å². The molecule has 5 N–H and O–H groups in total. The van der Waals surface area contributed by atoms with E-state index in [1.165, 1.54) is 0 Å². The molecule has 0 bridgehead atoms. The monoisotopic (exact) mass is 260 g/mol. The first-order valence-electron chi connectivity index (χ1n) is 6.17. The van der Waals surface area contributed by atoms with E-state index in [1.54, 1.807) is 6.92 Å². The lowest BCUT2D eigenvalue weighted by Crippen LogP contribution is -2.67. The third-order valence-corrected chi connectivity index (χ3v) is 3.16. The van der Waals surface area contributed by atoms with E-state index >= 15 is 0 Å². The molecule has 0 aliphatic carbocycles. The van der Waals surface area contributed by atoms with Gasteiger partial charge in [0.05, 0.1) is 0 Å². The van der Waals surface area contributed by atoms with Crippen molar-refractivity contribution in [1.82, 2.24) is 5.32 Å². The van der Waals surface area contributed by atoms with Crippen molar-refractivity contribution in [2.75, 3.05) is 0 Å². The molecule has 0 unspecified atom stereocenters. The molecule has 6 nitrogen and oxygen atoms in total. The average Bonchev–Trinajstić information content (AvgIpc) is 2.25. The lowest BCUT2D eigenvalue weighted by Gasteiger charge is -2.34. The molecular formula is C12H24N2O4. The summed E-state index contributed by atoms with van der Waals surface area (Å²) in [4.78, 5) is 22.4. The van der Waals surface area contributed by atoms with Gasteiger partial charge in [0.15, 0.2) is 5.66 Å². The standard InChI is InChI=1S/C12H24N2O4/c1-5-8(4)12(13,11(17)18)14-9(10(15)16)6-7(2)3/h7-9,14H,5-6,13H2,1-4H3,(H,15,16)(H,17,18)/t8-,9-,12+/m0/s1. The molecule has 0 fully saturated rings. The van der Waals surface area contributed by atoms with Crippen LogP contribution in [0.5, 0.6) is 0 Å². The Morgan fingerprint density at radius 1 is 1.28 bits per heavy atom. The van der Waals surface area contributed by atoms with Gasteiger partial charge in [-0.05, 0) is 24.7 Å². The van der Waals surface area contributed by atoms with Crippen LogP contribution in [0.3, 0.4) is 0 Å². The maximum Gasteiger partial charge on any atom is 0.339 e. The normalized spacial score (nSPS) is 18.1. The second-order valence-corrected chi connectivity index (χ2v) is 5.15. The van der Waals surface area contributed by atoms with Crippen LogP contribution in [-0.4, -0.2) is 33.9 Å². The predicted octanol–water partition coefficient (Wildman–Crippen LogP) is 0.861. The smallest absolute Gasteiger partial charge is 0.339 e. The Labute approximate surface area is 108 Å². The lowest BCUT2D eigenvalue weighted by molar-refractivity contribution is -0.150. The molecule has 0 aromatic rings. The first-order chi connectivity index (χ1) is 8.15. The molecule has 0 aliphatic heterocycles. The molecule has 0 saturated carbocycles. The quantitative estimate of drug-likeness (QED) is 0.481. The Morgan fingerprint density at radius 2 is 1.78 bits per heavy atom. The van der Waals surface area contributed by atoms with E-state index in [2.05, 4.69) is 5.32 Å². The summed E-state index contributed by atoms with van der Waals surface area (Å²) in [6.07, 6.45) is 0.877. The van der Waals surface area contributed by atoms with Gasteiger partial charge in [0.1, 0.15) is 6.04 Å². The molecule has 0 aromatic carbocycles. The van der Waals surface area contributed by atoms with Gasteiger partial charge in [-0.25, -0.2) is 4.79 Å². The van der Waals surface area contributed by atoms with Crippen LogP contribution in [-0.2, 0) is 9.59 Å². The molecular weight excluding hydrogens is 236 g/mol. The summed E-state index contributed by atoms with van der Waals surface area (Å²) < 4.78 is 0.